The van der Waals surface area contributed by atoms with Crippen molar-refractivity contribution in [2.75, 3.05) is 13.7 Å². The Morgan fingerprint density at radius 1 is 1.13 bits per heavy atom. The maximum atomic E-state index is 12.2. The lowest BCUT2D eigenvalue weighted by Crippen LogP contribution is -2.29. The average Bonchev–Trinajstić information content (AvgIpc) is 2.71. The van der Waals surface area contributed by atoms with Crippen LogP contribution in [-0.2, 0) is 22.5 Å². The summed E-state index contributed by atoms with van der Waals surface area (Å²) in [7, 11) is 1.52. The lowest BCUT2D eigenvalue weighted by atomic mass is 9.95. The highest BCUT2D eigenvalue weighted by atomic mass is 32.1. The van der Waals surface area contributed by atoms with Gasteiger partial charge in [-0.2, -0.15) is 0 Å². The molecule has 1 unspecified atom stereocenters. The summed E-state index contributed by atoms with van der Waals surface area (Å²) >= 11 is 5.55. The molecule has 0 fully saturated rings. The molecule has 0 spiro atoms. The van der Waals surface area contributed by atoms with Crippen LogP contribution in [0.2, 0.25) is 0 Å². The third kappa shape index (κ3) is 7.67. The van der Waals surface area contributed by atoms with Gasteiger partial charge in [0.1, 0.15) is 0 Å². The molecule has 0 aliphatic carbocycles. The standard InChI is InChI=1S/C24H31NO4S/c1-24(2,3)23(27)29-16-19(12-17-8-6-5-7-9-17)14-22(30)25-15-18-10-11-20(26)21(13-18)28-4/h5-11,13,19,26H,12,14-16H2,1-4H3,(H,25,30). The van der Waals surface area contributed by atoms with Crippen LogP contribution in [0.25, 0.3) is 0 Å². The van der Waals surface area contributed by atoms with E-state index in [1.54, 1.807) is 12.1 Å². The molecular formula is C24H31NO4S. The number of esters is 1. The van der Waals surface area contributed by atoms with Crippen molar-refractivity contribution in [3.63, 3.8) is 0 Å². The molecule has 162 valence electrons. The van der Waals surface area contributed by atoms with Crippen molar-refractivity contribution < 1.29 is 19.4 Å². The van der Waals surface area contributed by atoms with Crippen molar-refractivity contribution in [2.45, 2.75) is 40.2 Å². The molecule has 30 heavy (non-hydrogen) atoms. The molecule has 0 heterocycles. The molecule has 2 rings (SSSR count). The highest BCUT2D eigenvalue weighted by molar-refractivity contribution is 7.80. The molecular weight excluding hydrogens is 398 g/mol. The molecule has 0 aliphatic heterocycles. The fraction of sp³-hybridized carbons (Fsp3) is 0.417. The number of phenolic OH excluding ortho intramolecular Hbond substituents is 1. The summed E-state index contributed by atoms with van der Waals surface area (Å²) in [5.41, 5.74) is 1.60. The third-order valence-corrected chi connectivity index (χ3v) is 4.95. The molecule has 5 nitrogen and oxygen atoms in total. The quantitative estimate of drug-likeness (QED) is 0.447. The fourth-order valence-corrected chi connectivity index (χ4v) is 3.22. The molecule has 1 atom stereocenters. The van der Waals surface area contributed by atoms with E-state index in [4.69, 9.17) is 21.7 Å². The highest BCUT2D eigenvalue weighted by Crippen LogP contribution is 2.26. The van der Waals surface area contributed by atoms with Crippen LogP contribution in [0.15, 0.2) is 48.5 Å². The number of ether oxygens (including phenoxy) is 2. The van der Waals surface area contributed by atoms with Crippen LogP contribution in [0.4, 0.5) is 0 Å². The summed E-state index contributed by atoms with van der Waals surface area (Å²) in [4.78, 5) is 12.9. The van der Waals surface area contributed by atoms with Crippen LogP contribution in [-0.4, -0.2) is 29.8 Å². The van der Waals surface area contributed by atoms with Gasteiger partial charge in [0.15, 0.2) is 11.5 Å². The summed E-state index contributed by atoms with van der Waals surface area (Å²) in [6.45, 7) is 6.38. The van der Waals surface area contributed by atoms with E-state index in [2.05, 4.69) is 17.4 Å². The van der Waals surface area contributed by atoms with E-state index in [1.807, 2.05) is 45.0 Å². The van der Waals surface area contributed by atoms with E-state index >= 15 is 0 Å². The molecule has 0 saturated carbocycles. The summed E-state index contributed by atoms with van der Waals surface area (Å²) in [6.07, 6.45) is 1.38. The summed E-state index contributed by atoms with van der Waals surface area (Å²) < 4.78 is 10.7. The number of methoxy groups -OCH3 is 1. The van der Waals surface area contributed by atoms with Gasteiger partial charge in [0.25, 0.3) is 0 Å². The van der Waals surface area contributed by atoms with E-state index in [0.717, 1.165) is 12.0 Å². The summed E-state index contributed by atoms with van der Waals surface area (Å²) in [5.74, 6) is 0.396. The Morgan fingerprint density at radius 2 is 1.83 bits per heavy atom. The first-order valence-electron chi connectivity index (χ1n) is 10.0. The predicted molar refractivity (Wildman–Crippen MR) is 123 cm³/mol. The zero-order chi connectivity index (χ0) is 22.1. The maximum absolute atomic E-state index is 12.2. The number of carbonyl (C=O) groups excluding carboxylic acids is 1. The van der Waals surface area contributed by atoms with Gasteiger partial charge < -0.3 is 19.9 Å². The van der Waals surface area contributed by atoms with Crippen LogP contribution in [0.5, 0.6) is 11.5 Å². The third-order valence-electron chi connectivity index (χ3n) is 4.64. The van der Waals surface area contributed by atoms with Crippen molar-refractivity contribution in [1.29, 1.82) is 0 Å². The number of hydrogen-bond acceptors (Lipinski definition) is 5. The van der Waals surface area contributed by atoms with Crippen LogP contribution < -0.4 is 10.1 Å². The number of nitrogens with one attached hydrogen (secondary N) is 1. The maximum Gasteiger partial charge on any atom is 0.311 e. The Kier molecular flexibility index (Phi) is 8.66. The number of hydrogen-bond donors (Lipinski definition) is 2. The number of rotatable bonds is 9. The molecule has 2 N–H and O–H groups in total. The van der Waals surface area contributed by atoms with Crippen LogP contribution in [0.3, 0.4) is 0 Å². The number of benzene rings is 2. The molecule has 2 aromatic rings. The molecule has 0 amide bonds. The Bertz CT molecular complexity index is 846. The Hall–Kier alpha value is -2.60. The molecule has 0 bridgehead atoms. The second kappa shape index (κ2) is 11.0. The normalized spacial score (nSPS) is 12.1. The van der Waals surface area contributed by atoms with Crippen molar-refractivity contribution in [2.24, 2.45) is 11.3 Å². The summed E-state index contributed by atoms with van der Waals surface area (Å²) in [5, 5.41) is 13.0. The van der Waals surface area contributed by atoms with Gasteiger partial charge in [0.05, 0.1) is 24.1 Å². The summed E-state index contributed by atoms with van der Waals surface area (Å²) in [6, 6.07) is 15.3. The number of carbonyl (C=O) groups is 1. The Morgan fingerprint density at radius 3 is 2.47 bits per heavy atom. The predicted octanol–water partition coefficient (Wildman–Crippen LogP) is 4.66. The molecule has 0 aliphatic rings. The Balaban J connectivity index is 1.97. The van der Waals surface area contributed by atoms with Gasteiger partial charge in [0, 0.05) is 18.9 Å². The topological polar surface area (TPSA) is 67.8 Å². The minimum absolute atomic E-state index is 0.0769. The van der Waals surface area contributed by atoms with Gasteiger partial charge in [-0.05, 0) is 50.5 Å². The number of thiocarbonyl (C=S) groups is 1. The van der Waals surface area contributed by atoms with Crippen molar-refractivity contribution in [1.82, 2.24) is 5.32 Å². The van der Waals surface area contributed by atoms with Crippen LogP contribution in [0, 0.1) is 11.3 Å². The van der Waals surface area contributed by atoms with Gasteiger partial charge in [-0.1, -0.05) is 48.6 Å². The molecule has 0 saturated heterocycles. The van der Waals surface area contributed by atoms with Crippen LogP contribution >= 0.6 is 12.2 Å². The molecule has 0 radical (unpaired) electrons. The van der Waals surface area contributed by atoms with Gasteiger partial charge in [-0.25, -0.2) is 0 Å². The van der Waals surface area contributed by atoms with Gasteiger partial charge >= 0.3 is 5.97 Å². The monoisotopic (exact) mass is 429 g/mol. The largest absolute Gasteiger partial charge is 0.504 e. The average molecular weight is 430 g/mol. The first-order chi connectivity index (χ1) is 14.2. The zero-order valence-electron chi connectivity index (χ0n) is 18.1. The first kappa shape index (κ1) is 23.7. The minimum Gasteiger partial charge on any atom is -0.504 e. The fourth-order valence-electron chi connectivity index (χ4n) is 2.91. The van der Waals surface area contributed by atoms with Crippen molar-refractivity contribution in [3.05, 3.63) is 59.7 Å². The smallest absolute Gasteiger partial charge is 0.311 e. The second-order valence-electron chi connectivity index (χ2n) is 8.39. The Labute approximate surface area is 184 Å². The first-order valence-corrected chi connectivity index (χ1v) is 10.4. The van der Waals surface area contributed by atoms with Gasteiger partial charge in [-0.15, -0.1) is 0 Å². The minimum atomic E-state index is -0.534. The molecule has 0 aromatic heterocycles. The number of phenols is 1. The van der Waals surface area contributed by atoms with Gasteiger partial charge in [0.2, 0.25) is 0 Å². The lowest BCUT2D eigenvalue weighted by molar-refractivity contribution is -0.154. The van der Waals surface area contributed by atoms with E-state index < -0.39 is 5.41 Å². The second-order valence-corrected chi connectivity index (χ2v) is 8.88. The van der Waals surface area contributed by atoms with E-state index in [-0.39, 0.29) is 17.6 Å². The van der Waals surface area contributed by atoms with E-state index in [1.165, 1.54) is 12.7 Å². The molecule has 2 aromatic carbocycles. The van der Waals surface area contributed by atoms with Crippen LogP contribution in [0.1, 0.15) is 38.3 Å². The van der Waals surface area contributed by atoms with E-state index in [0.29, 0.717) is 30.3 Å². The number of aromatic hydroxyl groups is 1. The zero-order valence-corrected chi connectivity index (χ0v) is 18.9. The van der Waals surface area contributed by atoms with Crippen molar-refractivity contribution in [3.8, 4) is 11.5 Å². The highest BCUT2D eigenvalue weighted by Gasteiger charge is 2.24. The lowest BCUT2D eigenvalue weighted by Gasteiger charge is -2.22. The van der Waals surface area contributed by atoms with Crippen molar-refractivity contribution >= 4 is 23.2 Å². The SMILES string of the molecule is COc1cc(CNC(=S)CC(COC(=O)C(C)(C)C)Cc2ccccc2)ccc1O. The van der Waals surface area contributed by atoms with E-state index in [9.17, 15) is 9.90 Å². The van der Waals surface area contributed by atoms with Gasteiger partial charge in [-0.3, -0.25) is 4.79 Å². The molecule has 6 heteroatoms.